The lowest BCUT2D eigenvalue weighted by atomic mass is 9.92. The summed E-state index contributed by atoms with van der Waals surface area (Å²) >= 11 is 7.30. The summed E-state index contributed by atoms with van der Waals surface area (Å²) in [5, 5.41) is 11.1. The van der Waals surface area contributed by atoms with Gasteiger partial charge in [0.25, 0.3) is 5.91 Å². The van der Waals surface area contributed by atoms with E-state index in [2.05, 4.69) is 0 Å². The van der Waals surface area contributed by atoms with Gasteiger partial charge in [-0.3, -0.25) is 9.59 Å². The standard InChI is InChI=1S/C13H14ClNO3S/c14-11-8(3-4-19-11)12(16)15-5-9(7-1-2-7)10(6-15)13(17)18/h3-4,7,9-10H,1-2,5-6H2,(H,17,18)/t9-,10+/m0/s1. The third-order valence-electron chi connectivity index (χ3n) is 4.05. The number of halogens is 1. The molecule has 1 saturated carbocycles. The summed E-state index contributed by atoms with van der Waals surface area (Å²) in [4.78, 5) is 25.3. The highest BCUT2D eigenvalue weighted by atomic mass is 35.5. The van der Waals surface area contributed by atoms with Gasteiger partial charge in [-0.15, -0.1) is 11.3 Å². The quantitative estimate of drug-likeness (QED) is 0.933. The number of nitrogens with zero attached hydrogens (tertiary/aromatic N) is 1. The first-order chi connectivity index (χ1) is 9.08. The zero-order valence-electron chi connectivity index (χ0n) is 10.2. The van der Waals surface area contributed by atoms with Crippen LogP contribution in [-0.4, -0.2) is 35.0 Å². The molecule has 1 N–H and O–H groups in total. The number of carbonyl (C=O) groups excluding carboxylic acids is 1. The molecule has 1 aromatic rings. The highest BCUT2D eigenvalue weighted by molar-refractivity contribution is 7.14. The number of likely N-dealkylation sites (tertiary alicyclic amines) is 1. The molecule has 102 valence electrons. The monoisotopic (exact) mass is 299 g/mol. The molecular formula is C13H14ClNO3S. The maximum Gasteiger partial charge on any atom is 0.308 e. The molecule has 1 saturated heterocycles. The molecule has 0 spiro atoms. The largest absolute Gasteiger partial charge is 0.481 e. The Morgan fingerprint density at radius 1 is 1.37 bits per heavy atom. The van der Waals surface area contributed by atoms with Crippen molar-refractivity contribution >= 4 is 34.8 Å². The van der Waals surface area contributed by atoms with Gasteiger partial charge in [-0.1, -0.05) is 11.6 Å². The molecule has 0 bridgehead atoms. The van der Waals surface area contributed by atoms with Crippen LogP contribution in [0.5, 0.6) is 0 Å². The summed E-state index contributed by atoms with van der Waals surface area (Å²) in [6.45, 7) is 0.855. The lowest BCUT2D eigenvalue weighted by molar-refractivity contribution is -0.142. The molecule has 19 heavy (non-hydrogen) atoms. The topological polar surface area (TPSA) is 57.6 Å². The average Bonchev–Trinajstić information content (AvgIpc) is 2.97. The van der Waals surface area contributed by atoms with Crippen molar-refractivity contribution in [3.05, 3.63) is 21.3 Å². The van der Waals surface area contributed by atoms with Crippen LogP contribution in [0, 0.1) is 17.8 Å². The van der Waals surface area contributed by atoms with Crippen LogP contribution in [0.3, 0.4) is 0 Å². The van der Waals surface area contributed by atoms with Crippen LogP contribution in [0.15, 0.2) is 11.4 Å². The summed E-state index contributed by atoms with van der Waals surface area (Å²) in [6.07, 6.45) is 2.19. The second kappa shape index (κ2) is 4.80. The van der Waals surface area contributed by atoms with Gasteiger partial charge in [0.05, 0.1) is 11.5 Å². The van der Waals surface area contributed by atoms with Gasteiger partial charge in [-0.05, 0) is 36.1 Å². The van der Waals surface area contributed by atoms with Gasteiger partial charge in [0, 0.05) is 13.1 Å². The van der Waals surface area contributed by atoms with Gasteiger partial charge in [-0.2, -0.15) is 0 Å². The Hall–Kier alpha value is -1.07. The number of carbonyl (C=O) groups is 2. The summed E-state index contributed by atoms with van der Waals surface area (Å²) < 4.78 is 0.478. The zero-order valence-corrected chi connectivity index (χ0v) is 11.8. The molecule has 2 fully saturated rings. The molecule has 4 nitrogen and oxygen atoms in total. The van der Waals surface area contributed by atoms with E-state index in [4.69, 9.17) is 11.6 Å². The van der Waals surface area contributed by atoms with Gasteiger partial charge >= 0.3 is 5.97 Å². The molecule has 2 atom stereocenters. The Labute approximate surface area is 120 Å². The van der Waals surface area contributed by atoms with E-state index in [1.54, 1.807) is 16.3 Å². The van der Waals surface area contributed by atoms with E-state index in [0.29, 0.717) is 28.9 Å². The summed E-state index contributed by atoms with van der Waals surface area (Å²) in [5.74, 6) is -0.756. The third kappa shape index (κ3) is 2.37. The van der Waals surface area contributed by atoms with Gasteiger partial charge in [0.1, 0.15) is 4.34 Å². The normalized spacial score (nSPS) is 26.7. The smallest absolute Gasteiger partial charge is 0.308 e. The van der Waals surface area contributed by atoms with Crippen molar-refractivity contribution in [2.75, 3.05) is 13.1 Å². The highest BCUT2D eigenvalue weighted by Gasteiger charge is 2.47. The summed E-state index contributed by atoms with van der Waals surface area (Å²) in [6, 6.07) is 1.70. The van der Waals surface area contributed by atoms with Crippen LogP contribution in [0.25, 0.3) is 0 Å². The molecule has 1 aromatic heterocycles. The van der Waals surface area contributed by atoms with Crippen molar-refractivity contribution in [2.24, 2.45) is 17.8 Å². The van der Waals surface area contributed by atoms with Crippen LogP contribution >= 0.6 is 22.9 Å². The minimum atomic E-state index is -0.788. The van der Waals surface area contributed by atoms with E-state index >= 15 is 0 Å². The van der Waals surface area contributed by atoms with Crippen molar-refractivity contribution in [1.82, 2.24) is 4.90 Å². The molecule has 2 aliphatic rings. The van der Waals surface area contributed by atoms with Gasteiger partial charge < -0.3 is 10.0 Å². The number of aliphatic carboxylic acids is 1. The molecule has 0 unspecified atom stereocenters. The van der Waals surface area contributed by atoms with E-state index < -0.39 is 11.9 Å². The summed E-state index contributed by atoms with van der Waals surface area (Å²) in [5.41, 5.74) is 0.493. The second-order valence-electron chi connectivity index (χ2n) is 5.26. The molecule has 6 heteroatoms. The molecule has 1 aliphatic carbocycles. The summed E-state index contributed by atoms with van der Waals surface area (Å²) in [7, 11) is 0. The van der Waals surface area contributed by atoms with Crippen LogP contribution in [0.1, 0.15) is 23.2 Å². The lowest BCUT2D eigenvalue weighted by Gasteiger charge is -2.15. The average molecular weight is 300 g/mol. The van der Waals surface area contributed by atoms with E-state index in [1.165, 1.54) is 11.3 Å². The van der Waals surface area contributed by atoms with E-state index in [9.17, 15) is 14.7 Å². The fraction of sp³-hybridized carbons (Fsp3) is 0.538. The Balaban J connectivity index is 1.78. The molecule has 1 amide bonds. The van der Waals surface area contributed by atoms with Gasteiger partial charge in [0.2, 0.25) is 0 Å². The van der Waals surface area contributed by atoms with E-state index in [0.717, 1.165) is 12.8 Å². The van der Waals surface area contributed by atoms with Gasteiger partial charge in [-0.25, -0.2) is 0 Å². The Morgan fingerprint density at radius 2 is 2.11 bits per heavy atom. The van der Waals surface area contributed by atoms with Crippen molar-refractivity contribution < 1.29 is 14.7 Å². The van der Waals surface area contributed by atoms with Crippen molar-refractivity contribution in [3.63, 3.8) is 0 Å². The first-order valence-corrected chi connectivity index (χ1v) is 7.58. The molecule has 1 aliphatic heterocycles. The first-order valence-electron chi connectivity index (χ1n) is 6.33. The third-order valence-corrected chi connectivity index (χ3v) is 5.22. The first kappa shape index (κ1) is 12.9. The van der Waals surface area contributed by atoms with Crippen molar-refractivity contribution in [2.45, 2.75) is 12.8 Å². The molecular weight excluding hydrogens is 286 g/mol. The second-order valence-corrected chi connectivity index (χ2v) is 6.78. The minimum Gasteiger partial charge on any atom is -0.481 e. The number of carboxylic acids is 1. The van der Waals surface area contributed by atoms with Crippen molar-refractivity contribution in [3.8, 4) is 0 Å². The Kier molecular flexibility index (Phi) is 3.27. The number of hydrogen-bond acceptors (Lipinski definition) is 3. The van der Waals surface area contributed by atoms with E-state index in [-0.39, 0.29) is 11.8 Å². The molecule has 0 aromatic carbocycles. The maximum absolute atomic E-state index is 12.3. The minimum absolute atomic E-state index is 0.110. The number of rotatable bonds is 3. The molecule has 2 heterocycles. The van der Waals surface area contributed by atoms with Crippen LogP contribution in [-0.2, 0) is 4.79 Å². The van der Waals surface area contributed by atoms with Crippen molar-refractivity contribution in [1.29, 1.82) is 0 Å². The SMILES string of the molecule is O=C(O)[C@@H]1CN(C(=O)c2ccsc2Cl)C[C@H]1C1CC1. The Morgan fingerprint density at radius 3 is 2.63 bits per heavy atom. The fourth-order valence-electron chi connectivity index (χ4n) is 2.87. The number of amides is 1. The highest BCUT2D eigenvalue weighted by Crippen LogP contribution is 2.44. The van der Waals surface area contributed by atoms with Crippen LogP contribution in [0.2, 0.25) is 4.34 Å². The van der Waals surface area contributed by atoms with E-state index in [1.807, 2.05) is 0 Å². The number of thiophene rings is 1. The number of carboxylic acid groups (broad SMARTS) is 1. The predicted molar refractivity (Wildman–Crippen MR) is 72.6 cm³/mol. The molecule has 3 rings (SSSR count). The van der Waals surface area contributed by atoms with Crippen LogP contribution < -0.4 is 0 Å². The number of hydrogen-bond donors (Lipinski definition) is 1. The molecule has 0 radical (unpaired) electrons. The maximum atomic E-state index is 12.3. The Bertz CT molecular complexity index is 526. The zero-order chi connectivity index (χ0) is 13.6. The lowest BCUT2D eigenvalue weighted by Crippen LogP contribution is -2.29. The fourth-order valence-corrected chi connectivity index (χ4v) is 3.78. The van der Waals surface area contributed by atoms with Crippen LogP contribution in [0.4, 0.5) is 0 Å². The van der Waals surface area contributed by atoms with Gasteiger partial charge in [0.15, 0.2) is 0 Å². The predicted octanol–water partition coefficient (Wildman–Crippen LogP) is 2.58.